The Bertz CT molecular complexity index is 746. The highest BCUT2D eigenvalue weighted by molar-refractivity contribution is 6.31. The van der Waals surface area contributed by atoms with E-state index in [1.165, 1.54) is 5.56 Å². The number of benzene rings is 2. The lowest BCUT2D eigenvalue weighted by atomic mass is 10.1. The summed E-state index contributed by atoms with van der Waals surface area (Å²) in [6, 6.07) is 13.8. The van der Waals surface area contributed by atoms with Crippen LogP contribution in [0.25, 0.3) is 16.7 Å². The van der Waals surface area contributed by atoms with Crippen LogP contribution in [0.15, 0.2) is 42.5 Å². The van der Waals surface area contributed by atoms with E-state index in [4.69, 9.17) is 17.3 Å². The number of fused-ring (bicyclic) bond motifs is 1. The van der Waals surface area contributed by atoms with Crippen LogP contribution >= 0.6 is 11.6 Å². The number of imidazole rings is 1. The van der Waals surface area contributed by atoms with Crippen LogP contribution in [0.3, 0.4) is 0 Å². The second-order valence-corrected chi connectivity index (χ2v) is 4.86. The maximum atomic E-state index is 6.08. The van der Waals surface area contributed by atoms with E-state index in [1.807, 2.05) is 34.9 Å². The minimum absolute atomic E-state index is 0.484. The molecule has 2 N–H and O–H groups in total. The standard InChI is InChI=1S/C15H14ClN3/c1-2-10-5-3-4-6-13(10)19-14-9-11(16)7-8-12(14)18-15(19)17/h3-9H,2H2,1H3,(H2,17,18). The van der Waals surface area contributed by atoms with Crippen LogP contribution in [0, 0.1) is 0 Å². The Balaban J connectivity index is 2.35. The van der Waals surface area contributed by atoms with Gasteiger partial charge in [0.15, 0.2) is 0 Å². The molecule has 0 bridgehead atoms. The number of aromatic nitrogens is 2. The first-order valence-electron chi connectivity index (χ1n) is 6.22. The summed E-state index contributed by atoms with van der Waals surface area (Å²) in [6.45, 7) is 2.13. The number of nitrogen functional groups attached to an aromatic ring is 1. The number of nitrogens with two attached hydrogens (primary N) is 1. The highest BCUT2D eigenvalue weighted by atomic mass is 35.5. The molecule has 0 saturated heterocycles. The van der Waals surface area contributed by atoms with Crippen LogP contribution in [-0.4, -0.2) is 9.55 Å². The van der Waals surface area contributed by atoms with Gasteiger partial charge in [-0.3, -0.25) is 4.57 Å². The molecule has 3 nitrogen and oxygen atoms in total. The highest BCUT2D eigenvalue weighted by Crippen LogP contribution is 2.27. The van der Waals surface area contributed by atoms with Crippen molar-refractivity contribution in [2.24, 2.45) is 0 Å². The van der Waals surface area contributed by atoms with E-state index in [1.54, 1.807) is 0 Å². The Labute approximate surface area is 116 Å². The van der Waals surface area contributed by atoms with Gasteiger partial charge in [0.1, 0.15) is 0 Å². The fourth-order valence-corrected chi connectivity index (χ4v) is 2.51. The maximum Gasteiger partial charge on any atom is 0.205 e. The number of hydrogen-bond donors (Lipinski definition) is 1. The lowest BCUT2D eigenvalue weighted by Crippen LogP contribution is -2.03. The number of aryl methyl sites for hydroxylation is 1. The molecule has 0 aliphatic carbocycles. The molecule has 0 radical (unpaired) electrons. The lowest BCUT2D eigenvalue weighted by molar-refractivity contribution is 1.04. The van der Waals surface area contributed by atoms with Gasteiger partial charge >= 0.3 is 0 Å². The molecule has 3 aromatic rings. The van der Waals surface area contributed by atoms with Crippen LogP contribution in [0.2, 0.25) is 5.02 Å². The molecule has 0 spiro atoms. The van der Waals surface area contributed by atoms with Crippen molar-refractivity contribution < 1.29 is 0 Å². The molecule has 1 heterocycles. The third-order valence-electron chi connectivity index (χ3n) is 3.26. The maximum absolute atomic E-state index is 6.08. The van der Waals surface area contributed by atoms with Gasteiger partial charge in [0, 0.05) is 5.02 Å². The average Bonchev–Trinajstić information content (AvgIpc) is 2.74. The molecule has 0 saturated carbocycles. The van der Waals surface area contributed by atoms with E-state index in [2.05, 4.69) is 24.0 Å². The molecule has 1 aromatic heterocycles. The van der Waals surface area contributed by atoms with Crippen molar-refractivity contribution in [2.45, 2.75) is 13.3 Å². The molecular formula is C15H14ClN3. The first-order valence-corrected chi connectivity index (χ1v) is 6.60. The minimum Gasteiger partial charge on any atom is -0.369 e. The molecule has 0 aliphatic heterocycles. The third-order valence-corrected chi connectivity index (χ3v) is 3.49. The van der Waals surface area contributed by atoms with E-state index >= 15 is 0 Å². The van der Waals surface area contributed by atoms with Gasteiger partial charge in [-0.05, 0) is 36.2 Å². The molecule has 0 unspecified atom stereocenters. The van der Waals surface area contributed by atoms with Crippen molar-refractivity contribution >= 4 is 28.6 Å². The predicted octanol–water partition coefficient (Wildman–Crippen LogP) is 3.82. The quantitative estimate of drug-likeness (QED) is 0.770. The molecule has 0 amide bonds. The lowest BCUT2D eigenvalue weighted by Gasteiger charge is -2.11. The average molecular weight is 272 g/mol. The topological polar surface area (TPSA) is 43.8 Å². The second-order valence-electron chi connectivity index (χ2n) is 4.42. The Morgan fingerprint density at radius 1 is 1.21 bits per heavy atom. The van der Waals surface area contributed by atoms with Gasteiger partial charge in [-0.25, -0.2) is 4.98 Å². The number of halogens is 1. The molecule has 0 atom stereocenters. The van der Waals surface area contributed by atoms with E-state index in [-0.39, 0.29) is 0 Å². The summed E-state index contributed by atoms with van der Waals surface area (Å²) in [6.07, 6.45) is 0.940. The molecule has 0 fully saturated rings. The molecule has 2 aromatic carbocycles. The fraction of sp³-hybridized carbons (Fsp3) is 0.133. The largest absolute Gasteiger partial charge is 0.369 e. The number of rotatable bonds is 2. The summed E-state index contributed by atoms with van der Waals surface area (Å²) in [5, 5.41) is 0.683. The van der Waals surface area contributed by atoms with Gasteiger partial charge in [-0.2, -0.15) is 0 Å². The van der Waals surface area contributed by atoms with Crippen molar-refractivity contribution in [3.8, 4) is 5.69 Å². The minimum atomic E-state index is 0.484. The van der Waals surface area contributed by atoms with E-state index in [0.29, 0.717) is 11.0 Å². The highest BCUT2D eigenvalue weighted by Gasteiger charge is 2.12. The Morgan fingerprint density at radius 3 is 2.79 bits per heavy atom. The zero-order valence-electron chi connectivity index (χ0n) is 10.6. The second kappa shape index (κ2) is 4.59. The van der Waals surface area contributed by atoms with Crippen molar-refractivity contribution in [3.05, 3.63) is 53.1 Å². The number of anilines is 1. The Morgan fingerprint density at radius 2 is 2.00 bits per heavy atom. The number of para-hydroxylation sites is 1. The summed E-state index contributed by atoms with van der Waals surface area (Å²) in [4.78, 5) is 4.39. The SMILES string of the molecule is CCc1ccccc1-n1c(N)nc2ccc(Cl)cc21. The normalized spacial score (nSPS) is 11.1. The van der Waals surface area contributed by atoms with Crippen molar-refractivity contribution in [1.82, 2.24) is 9.55 Å². The van der Waals surface area contributed by atoms with Gasteiger partial charge in [0.2, 0.25) is 5.95 Å². The van der Waals surface area contributed by atoms with Gasteiger partial charge in [-0.15, -0.1) is 0 Å². The first kappa shape index (κ1) is 12.1. The Hall–Kier alpha value is -2.00. The third kappa shape index (κ3) is 1.96. The van der Waals surface area contributed by atoms with Gasteiger partial charge in [0.25, 0.3) is 0 Å². The van der Waals surface area contributed by atoms with Crippen LogP contribution in [0.1, 0.15) is 12.5 Å². The monoisotopic (exact) mass is 271 g/mol. The van der Waals surface area contributed by atoms with E-state index < -0.39 is 0 Å². The molecular weight excluding hydrogens is 258 g/mol. The fourth-order valence-electron chi connectivity index (χ4n) is 2.35. The van der Waals surface area contributed by atoms with Crippen molar-refractivity contribution in [2.75, 3.05) is 5.73 Å². The van der Waals surface area contributed by atoms with Gasteiger partial charge in [-0.1, -0.05) is 36.7 Å². The molecule has 4 heteroatoms. The summed E-state index contributed by atoms with van der Waals surface area (Å²) in [7, 11) is 0. The summed E-state index contributed by atoms with van der Waals surface area (Å²) in [5.74, 6) is 0.484. The van der Waals surface area contributed by atoms with Crippen LogP contribution in [0.4, 0.5) is 5.95 Å². The molecule has 3 rings (SSSR count). The van der Waals surface area contributed by atoms with Gasteiger partial charge in [0.05, 0.1) is 16.7 Å². The molecule has 0 aliphatic rings. The summed E-state index contributed by atoms with van der Waals surface area (Å²) in [5.41, 5.74) is 10.2. The zero-order valence-corrected chi connectivity index (χ0v) is 11.4. The summed E-state index contributed by atoms with van der Waals surface area (Å²) < 4.78 is 1.96. The Kier molecular flexibility index (Phi) is 2.91. The van der Waals surface area contributed by atoms with E-state index in [0.717, 1.165) is 23.1 Å². The van der Waals surface area contributed by atoms with Crippen LogP contribution < -0.4 is 5.73 Å². The number of hydrogen-bond acceptors (Lipinski definition) is 2. The zero-order chi connectivity index (χ0) is 13.4. The van der Waals surface area contributed by atoms with Gasteiger partial charge < -0.3 is 5.73 Å². The smallest absolute Gasteiger partial charge is 0.205 e. The van der Waals surface area contributed by atoms with Crippen molar-refractivity contribution in [1.29, 1.82) is 0 Å². The number of nitrogens with zero attached hydrogens (tertiary/aromatic N) is 2. The molecule has 96 valence electrons. The van der Waals surface area contributed by atoms with Crippen LogP contribution in [-0.2, 0) is 6.42 Å². The van der Waals surface area contributed by atoms with Crippen molar-refractivity contribution in [3.63, 3.8) is 0 Å². The summed E-state index contributed by atoms with van der Waals surface area (Å²) >= 11 is 6.08. The first-order chi connectivity index (χ1) is 9.20. The van der Waals surface area contributed by atoms with E-state index in [9.17, 15) is 0 Å². The predicted molar refractivity (Wildman–Crippen MR) is 79.9 cm³/mol. The molecule has 19 heavy (non-hydrogen) atoms. The van der Waals surface area contributed by atoms with Crippen LogP contribution in [0.5, 0.6) is 0 Å².